The maximum absolute atomic E-state index is 12.4. The Morgan fingerprint density at radius 3 is 2.62 bits per heavy atom. The van der Waals surface area contributed by atoms with Gasteiger partial charge in [0.1, 0.15) is 17.8 Å². The molecule has 3 saturated heterocycles. The zero-order chi connectivity index (χ0) is 18.4. The van der Waals surface area contributed by atoms with Crippen LogP contribution in [0.3, 0.4) is 0 Å². The van der Waals surface area contributed by atoms with Crippen molar-refractivity contribution in [1.82, 2.24) is 0 Å². The van der Waals surface area contributed by atoms with Gasteiger partial charge in [-0.2, -0.15) is 0 Å². The second kappa shape index (κ2) is 4.97. The largest absolute Gasteiger partial charge is 0.459 e. The van der Waals surface area contributed by atoms with E-state index in [9.17, 15) is 14.7 Å². The van der Waals surface area contributed by atoms with Gasteiger partial charge in [-0.15, -0.1) is 0 Å². The van der Waals surface area contributed by atoms with E-state index in [1.165, 1.54) is 0 Å². The number of carbonyl (C=O) groups excluding carboxylic acids is 2. The van der Waals surface area contributed by atoms with Crippen LogP contribution >= 0.6 is 0 Å². The number of fused-ring (bicyclic) bond motifs is 4. The number of carbonyl (C=O) groups is 2. The Balaban J connectivity index is 1.51. The lowest BCUT2D eigenvalue weighted by Gasteiger charge is -2.30. The van der Waals surface area contributed by atoms with Crippen molar-refractivity contribution < 1.29 is 33.6 Å². The van der Waals surface area contributed by atoms with Crippen LogP contribution in [0.15, 0.2) is 24.3 Å². The van der Waals surface area contributed by atoms with Gasteiger partial charge in [-0.05, 0) is 19.3 Å². The Morgan fingerprint density at radius 1 is 1.31 bits per heavy atom. The molecule has 2 aliphatic carbocycles. The van der Waals surface area contributed by atoms with E-state index >= 15 is 0 Å². The smallest absolute Gasteiger partial charge is 0.340 e. The normalized spacial score (nSPS) is 51.5. The van der Waals surface area contributed by atoms with Gasteiger partial charge in [0.05, 0.1) is 25.2 Å². The number of aliphatic hydroxyl groups excluding tert-OH is 1. The van der Waals surface area contributed by atoms with Crippen molar-refractivity contribution in [2.24, 2.45) is 17.8 Å². The molecule has 1 N–H and O–H groups in total. The minimum atomic E-state index is -0.902. The molecule has 1 spiro atoms. The number of epoxide rings is 2. The molecule has 7 nitrogen and oxygen atoms in total. The summed E-state index contributed by atoms with van der Waals surface area (Å²) in [4.78, 5) is 24.7. The van der Waals surface area contributed by atoms with Crippen LogP contribution in [0.4, 0.5) is 0 Å². The number of hydrogen-bond donors (Lipinski definition) is 1. The van der Waals surface area contributed by atoms with Crippen LogP contribution < -0.4 is 0 Å². The first-order chi connectivity index (χ1) is 12.3. The molecule has 0 aromatic carbocycles. The highest BCUT2D eigenvalue weighted by molar-refractivity contribution is 5.91. The van der Waals surface area contributed by atoms with E-state index in [1.807, 2.05) is 0 Å². The summed E-state index contributed by atoms with van der Waals surface area (Å²) in [7, 11) is 0. The Kier molecular flexibility index (Phi) is 3.15. The fraction of sp³-hybridized carbons (Fsp3) is 0.684. The van der Waals surface area contributed by atoms with Crippen molar-refractivity contribution >= 4 is 11.9 Å². The molecule has 26 heavy (non-hydrogen) atoms. The molecular weight excluding hydrogens is 340 g/mol. The van der Waals surface area contributed by atoms with Crippen LogP contribution in [0.2, 0.25) is 0 Å². The van der Waals surface area contributed by atoms with Crippen molar-refractivity contribution in [2.45, 2.75) is 49.3 Å². The minimum Gasteiger partial charge on any atom is -0.459 e. The van der Waals surface area contributed by atoms with Gasteiger partial charge in [-0.3, -0.25) is 0 Å². The highest BCUT2D eigenvalue weighted by Crippen LogP contribution is 2.60. The fourth-order valence-electron chi connectivity index (χ4n) is 5.02. The molecule has 5 rings (SSSR count). The second-order valence-electron chi connectivity index (χ2n) is 8.37. The summed E-state index contributed by atoms with van der Waals surface area (Å²) < 4.78 is 22.3. The Bertz CT molecular complexity index is 732. The van der Waals surface area contributed by atoms with E-state index in [2.05, 4.69) is 13.2 Å². The molecule has 3 heterocycles. The van der Waals surface area contributed by atoms with Gasteiger partial charge >= 0.3 is 11.9 Å². The average Bonchev–Trinajstić information content (AvgIpc) is 3.47. The number of ether oxygens (including phenoxy) is 4. The van der Waals surface area contributed by atoms with Gasteiger partial charge in [0.25, 0.3) is 0 Å². The standard InChI is InChI=1S/C19H22O7/c1-8-4-11(25-17(22)18(3)6-23-18)13-9(2)16(21)26-15(13)14-10(8)5-12(20)19(14)7-24-19/h10-15,20H,1-2,4-7H2,3H3/t10-,11+,12-,13+,14-,15-,18+,19+/m0/s1. The summed E-state index contributed by atoms with van der Waals surface area (Å²) in [6.45, 7) is 10.5. The molecule has 0 radical (unpaired) electrons. The number of hydrogen-bond acceptors (Lipinski definition) is 7. The summed E-state index contributed by atoms with van der Waals surface area (Å²) >= 11 is 0. The van der Waals surface area contributed by atoms with Gasteiger partial charge in [0.2, 0.25) is 0 Å². The first kappa shape index (κ1) is 16.5. The zero-order valence-electron chi connectivity index (χ0n) is 14.6. The number of esters is 2. The zero-order valence-corrected chi connectivity index (χ0v) is 14.6. The predicted molar refractivity (Wildman–Crippen MR) is 86.8 cm³/mol. The van der Waals surface area contributed by atoms with E-state index in [0.717, 1.165) is 5.57 Å². The molecule has 8 atom stereocenters. The highest BCUT2D eigenvalue weighted by Gasteiger charge is 2.71. The Labute approximate surface area is 150 Å². The number of aliphatic hydroxyl groups is 1. The van der Waals surface area contributed by atoms with E-state index < -0.39 is 47.4 Å². The lowest BCUT2D eigenvalue weighted by Crippen LogP contribution is -2.43. The summed E-state index contributed by atoms with van der Waals surface area (Å²) in [5, 5.41) is 10.5. The van der Waals surface area contributed by atoms with Gasteiger partial charge in [0, 0.05) is 17.9 Å². The molecule has 5 aliphatic rings. The second-order valence-corrected chi connectivity index (χ2v) is 8.37. The summed E-state index contributed by atoms with van der Waals surface area (Å²) in [5.41, 5.74) is -0.396. The van der Waals surface area contributed by atoms with Gasteiger partial charge in [-0.25, -0.2) is 9.59 Å². The maximum atomic E-state index is 12.4. The maximum Gasteiger partial charge on any atom is 0.340 e. The molecule has 0 bridgehead atoms. The molecule has 3 aliphatic heterocycles. The van der Waals surface area contributed by atoms with Gasteiger partial charge in [-0.1, -0.05) is 18.7 Å². The van der Waals surface area contributed by atoms with Crippen LogP contribution in [0.1, 0.15) is 19.8 Å². The van der Waals surface area contributed by atoms with Crippen molar-refractivity contribution in [3.63, 3.8) is 0 Å². The van der Waals surface area contributed by atoms with E-state index in [-0.39, 0.29) is 11.8 Å². The third-order valence-corrected chi connectivity index (χ3v) is 6.79. The quantitative estimate of drug-likeness (QED) is 0.331. The summed E-state index contributed by atoms with van der Waals surface area (Å²) in [5.74, 6) is -1.62. The molecule has 5 fully saturated rings. The molecule has 2 saturated carbocycles. The van der Waals surface area contributed by atoms with E-state index in [4.69, 9.17) is 18.9 Å². The molecule has 7 heteroatoms. The Hall–Kier alpha value is -1.70. The first-order valence-electron chi connectivity index (χ1n) is 9.01. The summed E-state index contributed by atoms with van der Waals surface area (Å²) in [6, 6.07) is 0. The van der Waals surface area contributed by atoms with Crippen molar-refractivity contribution in [3.05, 3.63) is 24.3 Å². The van der Waals surface area contributed by atoms with Crippen molar-refractivity contribution in [3.8, 4) is 0 Å². The molecule has 140 valence electrons. The van der Waals surface area contributed by atoms with Crippen LogP contribution in [0.5, 0.6) is 0 Å². The van der Waals surface area contributed by atoms with E-state index in [0.29, 0.717) is 31.6 Å². The lowest BCUT2D eigenvalue weighted by molar-refractivity contribution is -0.158. The summed E-state index contributed by atoms with van der Waals surface area (Å²) in [6.07, 6.45) is -0.815. The monoisotopic (exact) mass is 362 g/mol. The van der Waals surface area contributed by atoms with Gasteiger partial charge < -0.3 is 24.1 Å². The SMILES string of the molecule is C=C1C(=O)O[C@H]2[C@H]1[C@H](OC(=O)[C@@]1(C)CO1)CC(=C)[C@@H]1C[C@H](O)[C@]3(CO3)[C@H]21. The van der Waals surface area contributed by atoms with Crippen LogP contribution in [0, 0.1) is 17.8 Å². The topological polar surface area (TPSA) is 97.9 Å². The van der Waals surface area contributed by atoms with Crippen molar-refractivity contribution in [1.29, 1.82) is 0 Å². The third kappa shape index (κ3) is 2.05. The highest BCUT2D eigenvalue weighted by atomic mass is 16.6. The molecule has 0 unspecified atom stereocenters. The van der Waals surface area contributed by atoms with Crippen LogP contribution in [0.25, 0.3) is 0 Å². The molecule has 0 aromatic rings. The predicted octanol–water partition coefficient (Wildman–Crippen LogP) is 0.511. The van der Waals surface area contributed by atoms with Crippen LogP contribution in [-0.2, 0) is 28.5 Å². The number of rotatable bonds is 2. The third-order valence-electron chi connectivity index (χ3n) is 6.79. The first-order valence-corrected chi connectivity index (χ1v) is 9.01. The Morgan fingerprint density at radius 2 is 2.00 bits per heavy atom. The lowest BCUT2D eigenvalue weighted by atomic mass is 9.78. The van der Waals surface area contributed by atoms with Gasteiger partial charge in [0.15, 0.2) is 5.60 Å². The van der Waals surface area contributed by atoms with Crippen molar-refractivity contribution in [2.75, 3.05) is 13.2 Å². The molecule has 0 aromatic heterocycles. The minimum absolute atomic E-state index is 0.0461. The molecule has 0 amide bonds. The fourth-order valence-corrected chi connectivity index (χ4v) is 5.02. The molecular formula is C19H22O7. The average molecular weight is 362 g/mol. The van der Waals surface area contributed by atoms with E-state index in [1.54, 1.807) is 6.92 Å². The van der Waals surface area contributed by atoms with Crippen LogP contribution in [-0.4, -0.2) is 59.8 Å².